The SMILES string of the molecule is O=C[C@@H]1[C@H]2CC(=O)C[C@H]2C[C@H]1OC(=O)c1ccc(-c2ccccc2)cc1. The molecule has 4 heteroatoms. The van der Waals surface area contributed by atoms with Gasteiger partial charge in [-0.3, -0.25) is 4.79 Å². The molecule has 2 aromatic carbocycles. The van der Waals surface area contributed by atoms with Crippen LogP contribution < -0.4 is 0 Å². The van der Waals surface area contributed by atoms with E-state index in [2.05, 4.69) is 0 Å². The Morgan fingerprint density at radius 1 is 0.962 bits per heavy atom. The monoisotopic (exact) mass is 348 g/mol. The van der Waals surface area contributed by atoms with E-state index in [1.165, 1.54) is 0 Å². The minimum atomic E-state index is -0.420. The van der Waals surface area contributed by atoms with Gasteiger partial charge in [0.05, 0.1) is 11.5 Å². The van der Waals surface area contributed by atoms with Gasteiger partial charge < -0.3 is 9.53 Å². The molecule has 2 fully saturated rings. The molecule has 0 spiro atoms. The fourth-order valence-corrected chi connectivity index (χ4v) is 4.35. The van der Waals surface area contributed by atoms with E-state index in [1.807, 2.05) is 42.5 Å². The molecule has 0 saturated heterocycles. The number of Topliss-reactive ketones (excluding diaryl/α,β-unsaturated/α-hetero) is 1. The van der Waals surface area contributed by atoms with Crippen LogP contribution in [0.5, 0.6) is 0 Å². The molecule has 132 valence electrons. The average molecular weight is 348 g/mol. The zero-order chi connectivity index (χ0) is 18.1. The number of ether oxygens (including phenoxy) is 1. The summed E-state index contributed by atoms with van der Waals surface area (Å²) in [5.74, 6) is -0.339. The van der Waals surface area contributed by atoms with E-state index in [-0.39, 0.29) is 23.5 Å². The second-order valence-corrected chi connectivity index (χ2v) is 7.21. The zero-order valence-electron chi connectivity index (χ0n) is 14.3. The number of hydrogen-bond donors (Lipinski definition) is 0. The number of aldehydes is 1. The number of carbonyl (C=O) groups excluding carboxylic acids is 3. The highest BCUT2D eigenvalue weighted by Crippen LogP contribution is 2.46. The Balaban J connectivity index is 1.45. The molecule has 0 amide bonds. The van der Waals surface area contributed by atoms with Gasteiger partial charge in [-0.15, -0.1) is 0 Å². The third kappa shape index (κ3) is 3.07. The number of ketones is 1. The molecular weight excluding hydrogens is 328 g/mol. The largest absolute Gasteiger partial charge is 0.458 e. The Morgan fingerprint density at radius 3 is 2.35 bits per heavy atom. The van der Waals surface area contributed by atoms with E-state index in [1.54, 1.807) is 12.1 Å². The van der Waals surface area contributed by atoms with Crippen molar-refractivity contribution in [1.29, 1.82) is 0 Å². The predicted octanol–water partition coefficient (Wildman–Crippen LogP) is 3.69. The summed E-state index contributed by atoms with van der Waals surface area (Å²) in [4.78, 5) is 35.6. The minimum Gasteiger partial charge on any atom is -0.458 e. The van der Waals surface area contributed by atoms with E-state index in [9.17, 15) is 14.4 Å². The van der Waals surface area contributed by atoms with Crippen LogP contribution in [0.25, 0.3) is 11.1 Å². The van der Waals surface area contributed by atoms with Gasteiger partial charge >= 0.3 is 5.97 Å². The van der Waals surface area contributed by atoms with E-state index in [4.69, 9.17) is 4.74 Å². The maximum Gasteiger partial charge on any atom is 0.338 e. The smallest absolute Gasteiger partial charge is 0.338 e. The van der Waals surface area contributed by atoms with Crippen molar-refractivity contribution in [3.63, 3.8) is 0 Å². The molecule has 0 bridgehead atoms. The second kappa shape index (κ2) is 6.87. The summed E-state index contributed by atoms with van der Waals surface area (Å²) in [6.45, 7) is 0. The van der Waals surface area contributed by atoms with Gasteiger partial charge in [-0.1, -0.05) is 42.5 Å². The molecular formula is C22H20O4. The minimum absolute atomic E-state index is 0.0401. The quantitative estimate of drug-likeness (QED) is 0.624. The molecule has 2 aromatic rings. The van der Waals surface area contributed by atoms with Gasteiger partial charge in [0.25, 0.3) is 0 Å². The van der Waals surface area contributed by atoms with Crippen LogP contribution >= 0.6 is 0 Å². The van der Waals surface area contributed by atoms with Crippen molar-refractivity contribution in [1.82, 2.24) is 0 Å². The second-order valence-electron chi connectivity index (χ2n) is 7.21. The standard InChI is InChI=1S/C22H20O4/c23-13-20-19-12-18(24)10-17(19)11-21(20)26-22(25)16-8-6-15(7-9-16)14-4-2-1-3-5-14/h1-9,13,17,19-21H,10-12H2/t17-,19-,20+,21+/m0/s1. The van der Waals surface area contributed by atoms with Gasteiger partial charge in [0.15, 0.2) is 0 Å². The van der Waals surface area contributed by atoms with Gasteiger partial charge in [-0.25, -0.2) is 4.79 Å². The lowest BCUT2D eigenvalue weighted by atomic mass is 9.92. The topological polar surface area (TPSA) is 60.4 Å². The molecule has 0 unspecified atom stereocenters. The van der Waals surface area contributed by atoms with Crippen LogP contribution in [-0.2, 0) is 14.3 Å². The van der Waals surface area contributed by atoms with Crippen LogP contribution in [0.4, 0.5) is 0 Å². The van der Waals surface area contributed by atoms with Gasteiger partial charge in [0.1, 0.15) is 18.2 Å². The zero-order valence-corrected chi connectivity index (χ0v) is 14.3. The van der Waals surface area contributed by atoms with Crippen LogP contribution in [-0.4, -0.2) is 24.1 Å². The third-order valence-electron chi connectivity index (χ3n) is 5.66. The van der Waals surface area contributed by atoms with Crippen LogP contribution in [0.2, 0.25) is 0 Å². The number of hydrogen-bond acceptors (Lipinski definition) is 4. The molecule has 4 nitrogen and oxygen atoms in total. The molecule has 0 radical (unpaired) electrons. The molecule has 2 aliphatic carbocycles. The maximum atomic E-state index is 12.5. The van der Waals surface area contributed by atoms with Crippen LogP contribution in [0.1, 0.15) is 29.6 Å². The normalized spacial score (nSPS) is 27.2. The van der Waals surface area contributed by atoms with Crippen LogP contribution in [0, 0.1) is 17.8 Å². The molecule has 4 rings (SSSR count). The number of rotatable bonds is 4. The lowest BCUT2D eigenvalue weighted by molar-refractivity contribution is -0.118. The first-order chi connectivity index (χ1) is 12.7. The summed E-state index contributed by atoms with van der Waals surface area (Å²) in [5.41, 5.74) is 2.59. The van der Waals surface area contributed by atoms with Gasteiger partial charge in [0, 0.05) is 12.8 Å². The summed E-state index contributed by atoms with van der Waals surface area (Å²) < 4.78 is 5.64. The first-order valence-electron chi connectivity index (χ1n) is 8.99. The molecule has 26 heavy (non-hydrogen) atoms. The lowest BCUT2D eigenvalue weighted by Gasteiger charge is -2.18. The third-order valence-corrected chi connectivity index (χ3v) is 5.66. The molecule has 0 aliphatic heterocycles. The first-order valence-corrected chi connectivity index (χ1v) is 8.99. The highest BCUT2D eigenvalue weighted by molar-refractivity contribution is 5.90. The molecule has 0 aromatic heterocycles. The Hall–Kier alpha value is -2.75. The molecule has 2 saturated carbocycles. The first kappa shape index (κ1) is 16.7. The average Bonchev–Trinajstić information content (AvgIpc) is 3.17. The van der Waals surface area contributed by atoms with Crippen LogP contribution in [0.3, 0.4) is 0 Å². The molecule has 4 atom stereocenters. The van der Waals surface area contributed by atoms with Crippen molar-refractivity contribution >= 4 is 18.0 Å². The van der Waals surface area contributed by atoms with Crippen LogP contribution in [0.15, 0.2) is 54.6 Å². The van der Waals surface area contributed by atoms with Gasteiger partial charge in [-0.2, -0.15) is 0 Å². The van der Waals surface area contributed by atoms with E-state index in [0.717, 1.165) is 17.4 Å². The fourth-order valence-electron chi connectivity index (χ4n) is 4.35. The Bertz CT molecular complexity index is 825. The Labute approximate surface area is 152 Å². The van der Waals surface area contributed by atoms with Crippen molar-refractivity contribution in [3.05, 3.63) is 60.2 Å². The summed E-state index contributed by atoms with van der Waals surface area (Å²) in [6.07, 6.45) is 1.99. The molecule has 2 aliphatic rings. The van der Waals surface area contributed by atoms with Gasteiger partial charge in [-0.05, 0) is 41.5 Å². The van der Waals surface area contributed by atoms with Gasteiger partial charge in [0.2, 0.25) is 0 Å². The summed E-state index contributed by atoms with van der Waals surface area (Å²) in [5, 5.41) is 0. The lowest BCUT2D eigenvalue weighted by Crippen LogP contribution is -2.26. The van der Waals surface area contributed by atoms with Crippen molar-refractivity contribution in [2.45, 2.75) is 25.4 Å². The summed E-state index contributed by atoms with van der Waals surface area (Å²) >= 11 is 0. The van der Waals surface area contributed by atoms with E-state index < -0.39 is 12.1 Å². The highest BCUT2D eigenvalue weighted by atomic mass is 16.5. The van der Waals surface area contributed by atoms with Crippen molar-refractivity contribution in [3.8, 4) is 11.1 Å². The number of carbonyl (C=O) groups is 3. The number of benzene rings is 2. The van der Waals surface area contributed by atoms with Crippen molar-refractivity contribution in [2.75, 3.05) is 0 Å². The summed E-state index contributed by atoms with van der Waals surface area (Å²) in [7, 11) is 0. The molecule has 0 heterocycles. The number of esters is 1. The maximum absolute atomic E-state index is 12.5. The van der Waals surface area contributed by atoms with Crippen molar-refractivity contribution in [2.24, 2.45) is 17.8 Å². The van der Waals surface area contributed by atoms with Crippen molar-refractivity contribution < 1.29 is 19.1 Å². The Morgan fingerprint density at radius 2 is 1.65 bits per heavy atom. The predicted molar refractivity (Wildman–Crippen MR) is 96.5 cm³/mol. The van der Waals surface area contributed by atoms with E-state index >= 15 is 0 Å². The Kier molecular flexibility index (Phi) is 4.41. The summed E-state index contributed by atoms with van der Waals surface area (Å²) in [6, 6.07) is 17.2. The van der Waals surface area contributed by atoms with E-state index in [0.29, 0.717) is 24.8 Å². The molecule has 0 N–H and O–H groups in total. The fraction of sp³-hybridized carbons (Fsp3) is 0.318. The number of fused-ring (bicyclic) bond motifs is 1. The highest BCUT2D eigenvalue weighted by Gasteiger charge is 2.49.